The number of alkyl carbamates (subject to hydrolysis) is 2. The lowest BCUT2D eigenvalue weighted by atomic mass is 10.2. The summed E-state index contributed by atoms with van der Waals surface area (Å²) in [7, 11) is 0. The second kappa shape index (κ2) is 7.91. The Kier molecular flexibility index (Phi) is 5.41. The molecule has 1 aliphatic carbocycles. The van der Waals surface area contributed by atoms with Gasteiger partial charge in [-0.25, -0.2) is 9.59 Å². The molecule has 2 N–H and O–H groups in total. The first kappa shape index (κ1) is 17.8. The van der Waals surface area contributed by atoms with Crippen molar-refractivity contribution in [2.45, 2.75) is 38.1 Å². The minimum atomic E-state index is -0.514. The van der Waals surface area contributed by atoms with Crippen molar-refractivity contribution in [3.63, 3.8) is 0 Å². The summed E-state index contributed by atoms with van der Waals surface area (Å²) in [5, 5.41) is 5.56. The van der Waals surface area contributed by atoms with Gasteiger partial charge in [0.15, 0.2) is 0 Å². The van der Waals surface area contributed by atoms with Gasteiger partial charge in [0.05, 0.1) is 11.6 Å². The highest BCUT2D eigenvalue weighted by Crippen LogP contribution is 2.35. The first-order chi connectivity index (χ1) is 12.5. The normalized spacial score (nSPS) is 20.7. The Morgan fingerprint density at radius 1 is 0.923 bits per heavy atom. The minimum absolute atomic E-state index is 0.171. The summed E-state index contributed by atoms with van der Waals surface area (Å²) in [5.74, 6) is 0. The van der Waals surface area contributed by atoms with E-state index in [1.54, 1.807) is 0 Å². The van der Waals surface area contributed by atoms with E-state index in [9.17, 15) is 9.59 Å². The van der Waals surface area contributed by atoms with E-state index in [4.69, 9.17) is 9.47 Å². The monoisotopic (exact) mass is 354 g/mol. The lowest BCUT2D eigenvalue weighted by molar-refractivity contribution is 0.130. The summed E-state index contributed by atoms with van der Waals surface area (Å²) in [4.78, 5) is 23.8. The molecule has 136 valence electrons. The first-order valence-corrected chi connectivity index (χ1v) is 8.51. The Bertz CT molecular complexity index is 751. The number of carbonyl (C=O) groups excluding carboxylic acids is 2. The number of benzene rings is 2. The average Bonchev–Trinajstić information content (AvgIpc) is 3.28. The highest BCUT2D eigenvalue weighted by Gasteiger charge is 2.53. The smallest absolute Gasteiger partial charge is 0.407 e. The van der Waals surface area contributed by atoms with Crippen LogP contribution in [0.1, 0.15) is 24.5 Å². The van der Waals surface area contributed by atoms with Crippen molar-refractivity contribution >= 4 is 12.2 Å². The van der Waals surface area contributed by atoms with Gasteiger partial charge in [-0.15, -0.1) is 0 Å². The van der Waals surface area contributed by atoms with Gasteiger partial charge in [-0.2, -0.15) is 0 Å². The van der Waals surface area contributed by atoms with Gasteiger partial charge >= 0.3 is 12.2 Å². The lowest BCUT2D eigenvalue weighted by Crippen LogP contribution is -2.42. The number of hydrogen-bond acceptors (Lipinski definition) is 4. The molecular weight excluding hydrogens is 332 g/mol. The number of nitrogens with one attached hydrogen (secondary N) is 2. The highest BCUT2D eigenvalue weighted by molar-refractivity contribution is 5.71. The van der Waals surface area contributed by atoms with E-state index in [1.807, 2.05) is 67.6 Å². The highest BCUT2D eigenvalue weighted by atomic mass is 16.6. The molecule has 3 rings (SSSR count). The maximum absolute atomic E-state index is 11.9. The molecule has 26 heavy (non-hydrogen) atoms. The number of rotatable bonds is 6. The molecule has 2 aromatic rings. The summed E-state index contributed by atoms with van der Waals surface area (Å²) in [6, 6.07) is 18.7. The van der Waals surface area contributed by atoms with Crippen molar-refractivity contribution in [3.8, 4) is 0 Å². The summed E-state index contributed by atoms with van der Waals surface area (Å²) in [6.07, 6.45) is -0.367. The van der Waals surface area contributed by atoms with Crippen molar-refractivity contribution in [3.05, 3.63) is 71.8 Å². The van der Waals surface area contributed by atoms with Gasteiger partial charge in [-0.1, -0.05) is 60.7 Å². The van der Waals surface area contributed by atoms with Crippen LogP contribution in [0.15, 0.2) is 60.7 Å². The molecule has 0 unspecified atom stereocenters. The fraction of sp³-hybridized carbons (Fsp3) is 0.300. The molecule has 0 heterocycles. The molecule has 0 aliphatic heterocycles. The Balaban J connectivity index is 1.37. The van der Waals surface area contributed by atoms with Crippen molar-refractivity contribution in [1.82, 2.24) is 10.6 Å². The van der Waals surface area contributed by atoms with Crippen molar-refractivity contribution < 1.29 is 19.1 Å². The van der Waals surface area contributed by atoms with Gasteiger partial charge in [0, 0.05) is 0 Å². The van der Waals surface area contributed by atoms with Crippen LogP contribution in [0.2, 0.25) is 0 Å². The van der Waals surface area contributed by atoms with E-state index in [1.165, 1.54) is 0 Å². The fourth-order valence-corrected chi connectivity index (χ4v) is 2.61. The predicted octanol–water partition coefficient (Wildman–Crippen LogP) is 3.37. The number of hydrogen-bond donors (Lipinski definition) is 2. The van der Waals surface area contributed by atoms with Crippen LogP contribution < -0.4 is 10.6 Å². The Morgan fingerprint density at radius 2 is 1.42 bits per heavy atom. The van der Waals surface area contributed by atoms with Crippen LogP contribution in [0.25, 0.3) is 0 Å². The molecular formula is C20H22N2O4. The van der Waals surface area contributed by atoms with E-state index in [0.717, 1.165) is 11.1 Å². The van der Waals surface area contributed by atoms with Crippen LogP contribution in [0, 0.1) is 0 Å². The van der Waals surface area contributed by atoms with Gasteiger partial charge in [0.1, 0.15) is 13.2 Å². The molecule has 2 aromatic carbocycles. The summed E-state index contributed by atoms with van der Waals surface area (Å²) in [5.41, 5.74) is 1.33. The van der Waals surface area contributed by atoms with E-state index < -0.39 is 17.7 Å². The zero-order valence-corrected chi connectivity index (χ0v) is 14.6. The number of carbonyl (C=O) groups is 2. The van der Waals surface area contributed by atoms with Crippen molar-refractivity contribution in [2.24, 2.45) is 0 Å². The molecule has 0 bridgehead atoms. The third-order valence-corrected chi connectivity index (χ3v) is 4.34. The molecule has 6 nitrogen and oxygen atoms in total. The summed E-state index contributed by atoms with van der Waals surface area (Å²) < 4.78 is 10.4. The molecule has 1 aliphatic rings. The Hall–Kier alpha value is -3.02. The zero-order valence-electron chi connectivity index (χ0n) is 14.6. The lowest BCUT2D eigenvalue weighted by Gasteiger charge is -2.15. The number of ether oxygens (including phenoxy) is 2. The Labute approximate surface area is 152 Å². The molecule has 2 amide bonds. The van der Waals surface area contributed by atoms with E-state index in [2.05, 4.69) is 10.6 Å². The van der Waals surface area contributed by atoms with Crippen LogP contribution in [0.5, 0.6) is 0 Å². The molecule has 6 heteroatoms. The van der Waals surface area contributed by atoms with E-state index in [0.29, 0.717) is 6.42 Å². The molecule has 1 fully saturated rings. The third-order valence-electron chi connectivity index (χ3n) is 4.34. The van der Waals surface area contributed by atoms with Crippen LogP contribution in [-0.4, -0.2) is 23.8 Å². The van der Waals surface area contributed by atoms with Gasteiger partial charge < -0.3 is 20.1 Å². The summed E-state index contributed by atoms with van der Waals surface area (Å²) in [6.45, 7) is 2.28. The molecule has 1 saturated carbocycles. The second-order valence-corrected chi connectivity index (χ2v) is 6.57. The topological polar surface area (TPSA) is 76.7 Å². The first-order valence-electron chi connectivity index (χ1n) is 8.51. The molecule has 2 atom stereocenters. The summed E-state index contributed by atoms with van der Waals surface area (Å²) >= 11 is 0. The largest absolute Gasteiger partial charge is 0.445 e. The molecule has 0 radical (unpaired) electrons. The van der Waals surface area contributed by atoms with E-state index >= 15 is 0 Å². The SMILES string of the molecule is C[C@@]1(NC(=O)OCc2ccccc2)C[C@@H]1NC(=O)OCc1ccccc1. The van der Waals surface area contributed by atoms with Gasteiger partial charge in [0.25, 0.3) is 0 Å². The van der Waals surface area contributed by atoms with Crippen molar-refractivity contribution in [1.29, 1.82) is 0 Å². The molecule has 0 spiro atoms. The second-order valence-electron chi connectivity index (χ2n) is 6.57. The van der Waals surface area contributed by atoms with Gasteiger partial charge in [-0.05, 0) is 24.5 Å². The van der Waals surface area contributed by atoms with Gasteiger partial charge in [-0.3, -0.25) is 0 Å². The average molecular weight is 354 g/mol. The minimum Gasteiger partial charge on any atom is -0.445 e. The third kappa shape index (κ3) is 4.99. The Morgan fingerprint density at radius 3 is 1.96 bits per heavy atom. The molecule has 0 aromatic heterocycles. The van der Waals surface area contributed by atoms with Crippen molar-refractivity contribution in [2.75, 3.05) is 0 Å². The fourth-order valence-electron chi connectivity index (χ4n) is 2.61. The zero-order chi connectivity index (χ0) is 18.4. The van der Waals surface area contributed by atoms with E-state index in [-0.39, 0.29) is 19.3 Å². The molecule has 0 saturated heterocycles. The number of amides is 2. The standard InChI is InChI=1S/C20H22N2O4/c1-20(22-19(24)26-14-16-10-6-3-7-11-16)12-17(20)21-18(23)25-13-15-8-4-2-5-9-15/h2-11,17H,12-14H2,1H3,(H,21,23)(H,22,24)/t17-,20+/m0/s1. The maximum atomic E-state index is 11.9. The predicted molar refractivity (Wildman–Crippen MR) is 96.3 cm³/mol. The quantitative estimate of drug-likeness (QED) is 0.834. The van der Waals surface area contributed by atoms with Gasteiger partial charge in [0.2, 0.25) is 0 Å². The van der Waals surface area contributed by atoms with Crippen LogP contribution >= 0.6 is 0 Å². The maximum Gasteiger partial charge on any atom is 0.407 e. The van der Waals surface area contributed by atoms with Crippen LogP contribution in [0.4, 0.5) is 9.59 Å². The van der Waals surface area contributed by atoms with Crippen LogP contribution in [-0.2, 0) is 22.7 Å². The van der Waals surface area contributed by atoms with Crippen LogP contribution in [0.3, 0.4) is 0 Å².